The van der Waals surface area contributed by atoms with Crippen LogP contribution in [0, 0.1) is 5.82 Å². The van der Waals surface area contributed by atoms with Gasteiger partial charge in [0, 0.05) is 13.7 Å². The quantitative estimate of drug-likeness (QED) is 0.771. The number of nitrogens with one attached hydrogen (secondary N) is 1. The number of methoxy groups -OCH3 is 2. The molecule has 1 saturated carbocycles. The molecule has 1 fully saturated rings. The van der Waals surface area contributed by atoms with Crippen LogP contribution in [0.3, 0.4) is 0 Å². The van der Waals surface area contributed by atoms with Crippen molar-refractivity contribution in [1.82, 2.24) is 4.72 Å². The summed E-state index contributed by atoms with van der Waals surface area (Å²) in [5.74, 6) is -0.982. The molecular weight excluding hydrogens is 299 g/mol. The summed E-state index contributed by atoms with van der Waals surface area (Å²) in [5, 5.41) is 0. The van der Waals surface area contributed by atoms with Gasteiger partial charge < -0.3 is 15.2 Å². The molecule has 1 aromatic rings. The second-order valence-electron chi connectivity index (χ2n) is 5.09. The largest absolute Gasteiger partial charge is 0.492 e. The van der Waals surface area contributed by atoms with Gasteiger partial charge in [-0.15, -0.1) is 0 Å². The van der Waals surface area contributed by atoms with Gasteiger partial charge in [-0.2, -0.15) is 0 Å². The van der Waals surface area contributed by atoms with Gasteiger partial charge in [-0.05, 0) is 31.4 Å². The average molecular weight is 318 g/mol. The normalized spacial score (nSPS) is 17.3. The Morgan fingerprint density at radius 1 is 1.38 bits per heavy atom. The van der Waals surface area contributed by atoms with Crippen molar-refractivity contribution in [2.45, 2.75) is 29.8 Å². The molecule has 21 heavy (non-hydrogen) atoms. The Labute approximate surface area is 123 Å². The molecule has 6 nitrogen and oxygen atoms in total. The fourth-order valence-corrected chi connectivity index (χ4v) is 3.45. The van der Waals surface area contributed by atoms with Crippen molar-refractivity contribution in [2.24, 2.45) is 0 Å². The molecule has 1 aliphatic rings. The number of hydrogen-bond acceptors (Lipinski definition) is 5. The Kier molecular flexibility index (Phi) is 4.40. The van der Waals surface area contributed by atoms with Crippen LogP contribution in [0.2, 0.25) is 0 Å². The maximum Gasteiger partial charge on any atom is 0.240 e. The molecule has 3 N–H and O–H groups in total. The third-order valence-electron chi connectivity index (χ3n) is 3.84. The fourth-order valence-electron chi connectivity index (χ4n) is 2.29. The molecule has 0 spiro atoms. The fraction of sp³-hybridized carbons (Fsp3) is 0.538. The number of halogens is 1. The molecule has 0 aliphatic heterocycles. The van der Waals surface area contributed by atoms with Gasteiger partial charge in [0.2, 0.25) is 10.0 Å². The number of nitrogen functional groups attached to an aromatic ring is 1. The van der Waals surface area contributed by atoms with E-state index < -0.39 is 21.4 Å². The third kappa shape index (κ3) is 3.12. The molecule has 1 aliphatic carbocycles. The summed E-state index contributed by atoms with van der Waals surface area (Å²) in [6, 6.07) is 2.06. The van der Waals surface area contributed by atoms with Crippen LogP contribution >= 0.6 is 0 Å². The standard InChI is InChI=1S/C13H19FN2O4S/c1-19-12-10(14)6-9(7-11(12)15)21(17,18)16-8-13(20-2)4-3-5-13/h6-7,16H,3-5,8,15H2,1-2H3. The minimum Gasteiger partial charge on any atom is -0.492 e. The minimum absolute atomic E-state index is 0.0667. The molecule has 0 aromatic heterocycles. The van der Waals surface area contributed by atoms with E-state index in [0.717, 1.165) is 25.3 Å². The first-order valence-corrected chi connectivity index (χ1v) is 8.00. The lowest BCUT2D eigenvalue weighted by atomic mass is 9.80. The van der Waals surface area contributed by atoms with Gasteiger partial charge in [-0.3, -0.25) is 0 Å². The molecule has 0 radical (unpaired) electrons. The van der Waals surface area contributed by atoms with Crippen LogP contribution in [-0.2, 0) is 14.8 Å². The molecule has 118 valence electrons. The van der Waals surface area contributed by atoms with Crippen LogP contribution in [-0.4, -0.2) is 34.8 Å². The van der Waals surface area contributed by atoms with Crippen molar-refractivity contribution in [3.05, 3.63) is 17.9 Å². The van der Waals surface area contributed by atoms with Gasteiger partial charge in [-0.1, -0.05) is 0 Å². The Morgan fingerprint density at radius 2 is 2.05 bits per heavy atom. The van der Waals surface area contributed by atoms with Gasteiger partial charge in [-0.25, -0.2) is 17.5 Å². The van der Waals surface area contributed by atoms with E-state index in [1.54, 1.807) is 7.11 Å². The molecule has 8 heteroatoms. The zero-order valence-electron chi connectivity index (χ0n) is 12.0. The molecule has 0 heterocycles. The van der Waals surface area contributed by atoms with Crippen molar-refractivity contribution in [3.63, 3.8) is 0 Å². The number of nitrogens with two attached hydrogens (primary N) is 1. The van der Waals surface area contributed by atoms with Crippen molar-refractivity contribution < 1.29 is 22.3 Å². The smallest absolute Gasteiger partial charge is 0.240 e. The molecule has 0 bridgehead atoms. The molecule has 0 amide bonds. The summed E-state index contributed by atoms with van der Waals surface area (Å²) in [7, 11) is -1.04. The van der Waals surface area contributed by atoms with E-state index in [9.17, 15) is 12.8 Å². The zero-order chi connectivity index (χ0) is 15.7. The van der Waals surface area contributed by atoms with Crippen molar-refractivity contribution in [1.29, 1.82) is 0 Å². The maximum atomic E-state index is 13.7. The maximum absolute atomic E-state index is 13.7. The van der Waals surface area contributed by atoms with E-state index in [1.165, 1.54) is 13.2 Å². The average Bonchev–Trinajstić information content (AvgIpc) is 2.37. The van der Waals surface area contributed by atoms with Crippen LogP contribution in [0.25, 0.3) is 0 Å². The number of ether oxygens (including phenoxy) is 2. The van der Waals surface area contributed by atoms with Crippen LogP contribution in [0.5, 0.6) is 5.75 Å². The Bertz CT molecular complexity index is 601. The monoisotopic (exact) mass is 318 g/mol. The summed E-state index contributed by atoms with van der Waals surface area (Å²) < 4.78 is 50.7. The van der Waals surface area contributed by atoms with E-state index in [2.05, 4.69) is 4.72 Å². The summed E-state index contributed by atoms with van der Waals surface area (Å²) in [4.78, 5) is -0.233. The van der Waals surface area contributed by atoms with Crippen LogP contribution in [0.4, 0.5) is 10.1 Å². The van der Waals surface area contributed by atoms with E-state index in [-0.39, 0.29) is 22.9 Å². The molecule has 0 saturated heterocycles. The number of benzene rings is 1. The molecule has 0 unspecified atom stereocenters. The van der Waals surface area contributed by atoms with Crippen LogP contribution in [0.15, 0.2) is 17.0 Å². The van der Waals surface area contributed by atoms with Crippen LogP contribution < -0.4 is 15.2 Å². The van der Waals surface area contributed by atoms with E-state index in [4.69, 9.17) is 15.2 Å². The van der Waals surface area contributed by atoms with Gasteiger partial charge in [0.1, 0.15) is 0 Å². The van der Waals surface area contributed by atoms with E-state index >= 15 is 0 Å². The highest BCUT2D eigenvalue weighted by Gasteiger charge is 2.38. The first-order valence-electron chi connectivity index (χ1n) is 6.51. The lowest BCUT2D eigenvalue weighted by Gasteiger charge is -2.40. The predicted molar refractivity (Wildman–Crippen MR) is 76.1 cm³/mol. The molecular formula is C13H19FN2O4S. The SMILES string of the molecule is COc1c(N)cc(S(=O)(=O)NCC2(OC)CCC2)cc1F. The predicted octanol–water partition coefficient (Wildman–Crippen LogP) is 1.26. The van der Waals surface area contributed by atoms with Gasteiger partial charge in [0.05, 0.1) is 23.3 Å². The van der Waals surface area contributed by atoms with E-state index in [0.29, 0.717) is 0 Å². The first-order chi connectivity index (χ1) is 9.83. The second-order valence-corrected chi connectivity index (χ2v) is 6.86. The molecule has 1 aromatic carbocycles. The highest BCUT2D eigenvalue weighted by atomic mass is 32.2. The Balaban J connectivity index is 2.20. The van der Waals surface area contributed by atoms with Gasteiger partial charge in [0.15, 0.2) is 11.6 Å². The van der Waals surface area contributed by atoms with Gasteiger partial charge >= 0.3 is 0 Å². The molecule has 0 atom stereocenters. The summed E-state index contributed by atoms with van der Waals surface area (Å²) in [5.41, 5.74) is 5.07. The second kappa shape index (κ2) is 5.78. The minimum atomic E-state index is -3.86. The lowest BCUT2D eigenvalue weighted by Crippen LogP contribution is -2.49. The number of sulfonamides is 1. The Hall–Kier alpha value is -1.38. The topological polar surface area (TPSA) is 90.7 Å². The van der Waals surface area contributed by atoms with E-state index in [1.807, 2.05) is 0 Å². The Morgan fingerprint density at radius 3 is 2.48 bits per heavy atom. The highest BCUT2D eigenvalue weighted by molar-refractivity contribution is 7.89. The highest BCUT2D eigenvalue weighted by Crippen LogP contribution is 2.35. The summed E-state index contributed by atoms with van der Waals surface area (Å²) >= 11 is 0. The van der Waals surface area contributed by atoms with Crippen molar-refractivity contribution in [3.8, 4) is 5.75 Å². The zero-order valence-corrected chi connectivity index (χ0v) is 12.8. The summed E-state index contributed by atoms with van der Waals surface area (Å²) in [6.07, 6.45) is 2.59. The van der Waals surface area contributed by atoms with Crippen molar-refractivity contribution >= 4 is 15.7 Å². The number of rotatable bonds is 6. The number of anilines is 1. The summed E-state index contributed by atoms with van der Waals surface area (Å²) in [6.45, 7) is 0.152. The third-order valence-corrected chi connectivity index (χ3v) is 5.22. The van der Waals surface area contributed by atoms with Gasteiger partial charge in [0.25, 0.3) is 0 Å². The number of hydrogen-bond donors (Lipinski definition) is 2. The molecule has 2 rings (SSSR count). The van der Waals surface area contributed by atoms with Crippen LogP contribution in [0.1, 0.15) is 19.3 Å². The lowest BCUT2D eigenvalue weighted by molar-refractivity contribution is -0.0659. The first kappa shape index (κ1) is 16.0. The van der Waals surface area contributed by atoms with Crippen molar-refractivity contribution in [2.75, 3.05) is 26.5 Å².